The number of methoxy groups -OCH3 is 2. The van der Waals surface area contributed by atoms with E-state index in [9.17, 15) is 0 Å². The Balaban J connectivity index is 1.71. The van der Waals surface area contributed by atoms with Crippen LogP contribution in [0.2, 0.25) is 0 Å². The van der Waals surface area contributed by atoms with Gasteiger partial charge >= 0.3 is 0 Å². The van der Waals surface area contributed by atoms with E-state index in [4.69, 9.17) is 9.47 Å². The summed E-state index contributed by atoms with van der Waals surface area (Å²) in [5.74, 6) is 2.41. The molecule has 0 amide bonds. The summed E-state index contributed by atoms with van der Waals surface area (Å²) >= 11 is 0. The number of hydrogen-bond acceptors (Lipinski definition) is 2. The van der Waals surface area contributed by atoms with Crippen molar-refractivity contribution in [3.63, 3.8) is 0 Å². The van der Waals surface area contributed by atoms with Gasteiger partial charge in [-0.05, 0) is 73.4 Å². The third-order valence-electron chi connectivity index (χ3n) is 5.22. The van der Waals surface area contributed by atoms with Gasteiger partial charge in [-0.2, -0.15) is 0 Å². The maximum Gasteiger partial charge on any atom is 0.119 e. The summed E-state index contributed by atoms with van der Waals surface area (Å²) in [5.41, 5.74) is 4.06. The third kappa shape index (κ3) is 6.16. The number of allylic oxidation sites excluding steroid dienone is 4. The molecule has 1 unspecified atom stereocenters. The average molecular weight is 375 g/mol. The zero-order chi connectivity index (χ0) is 19.6. The summed E-state index contributed by atoms with van der Waals surface area (Å²) < 4.78 is 10.8. The van der Waals surface area contributed by atoms with E-state index in [1.54, 1.807) is 14.2 Å². The molecule has 2 aromatic rings. The van der Waals surface area contributed by atoms with Gasteiger partial charge in [-0.25, -0.2) is 0 Å². The molecule has 0 bridgehead atoms. The van der Waals surface area contributed by atoms with Crippen LogP contribution >= 0.6 is 0 Å². The third-order valence-corrected chi connectivity index (χ3v) is 5.22. The summed E-state index contributed by atoms with van der Waals surface area (Å²) in [7, 11) is 3.47. The van der Waals surface area contributed by atoms with Crippen LogP contribution in [-0.4, -0.2) is 14.2 Å². The van der Waals surface area contributed by atoms with Crippen molar-refractivity contribution in [2.45, 2.75) is 32.1 Å². The zero-order valence-corrected chi connectivity index (χ0v) is 16.9. The molecule has 0 radical (unpaired) electrons. The van der Waals surface area contributed by atoms with E-state index < -0.39 is 0 Å². The van der Waals surface area contributed by atoms with Gasteiger partial charge in [0.05, 0.1) is 14.2 Å². The fourth-order valence-electron chi connectivity index (χ4n) is 3.62. The zero-order valence-electron chi connectivity index (χ0n) is 16.9. The lowest BCUT2D eigenvalue weighted by molar-refractivity contribution is 0.302. The van der Waals surface area contributed by atoms with Gasteiger partial charge in [-0.15, -0.1) is 0 Å². The number of benzene rings is 2. The molecule has 1 aliphatic carbocycles. The van der Waals surface area contributed by atoms with Gasteiger partial charge in [0.1, 0.15) is 11.5 Å². The molecule has 0 aromatic heterocycles. The molecule has 0 N–H and O–H groups in total. The Morgan fingerprint density at radius 2 is 1.86 bits per heavy atom. The molecule has 0 saturated heterocycles. The monoisotopic (exact) mass is 374 g/mol. The fraction of sp³-hybridized carbons (Fsp3) is 0.308. The minimum Gasteiger partial charge on any atom is -0.497 e. The Kier molecular flexibility index (Phi) is 7.54. The topological polar surface area (TPSA) is 18.5 Å². The minimum absolute atomic E-state index is 0.477. The molecule has 146 valence electrons. The van der Waals surface area contributed by atoms with E-state index in [-0.39, 0.29) is 0 Å². The smallest absolute Gasteiger partial charge is 0.119 e. The van der Waals surface area contributed by atoms with Crippen molar-refractivity contribution in [3.8, 4) is 5.75 Å². The first-order valence-electron chi connectivity index (χ1n) is 10.1. The molecular weight excluding hydrogens is 344 g/mol. The minimum atomic E-state index is 0.477. The lowest BCUT2D eigenvalue weighted by atomic mass is 9.89. The van der Waals surface area contributed by atoms with Crippen LogP contribution in [0.4, 0.5) is 0 Å². The van der Waals surface area contributed by atoms with Crippen molar-refractivity contribution < 1.29 is 9.47 Å². The van der Waals surface area contributed by atoms with Gasteiger partial charge in [-0.1, -0.05) is 60.2 Å². The summed E-state index contributed by atoms with van der Waals surface area (Å²) in [4.78, 5) is 0. The van der Waals surface area contributed by atoms with Crippen LogP contribution in [-0.2, 0) is 11.2 Å². The number of ether oxygens (including phenoxy) is 2. The highest BCUT2D eigenvalue weighted by molar-refractivity contribution is 5.49. The second kappa shape index (κ2) is 10.6. The normalized spacial score (nSPS) is 15.1. The van der Waals surface area contributed by atoms with E-state index >= 15 is 0 Å². The first kappa shape index (κ1) is 20.0. The van der Waals surface area contributed by atoms with Crippen molar-refractivity contribution >= 4 is 6.08 Å². The summed E-state index contributed by atoms with van der Waals surface area (Å²) in [6.45, 7) is 0. The highest BCUT2D eigenvalue weighted by atomic mass is 16.5. The Labute approximate surface area is 169 Å². The van der Waals surface area contributed by atoms with Gasteiger partial charge < -0.3 is 9.47 Å². The first-order chi connectivity index (χ1) is 13.8. The summed E-state index contributed by atoms with van der Waals surface area (Å²) in [5, 5.41) is 0. The van der Waals surface area contributed by atoms with Crippen molar-refractivity contribution in [1.29, 1.82) is 0 Å². The van der Waals surface area contributed by atoms with E-state index in [0.717, 1.165) is 43.6 Å². The van der Waals surface area contributed by atoms with Crippen LogP contribution in [0.3, 0.4) is 0 Å². The van der Waals surface area contributed by atoms with Crippen LogP contribution in [0.15, 0.2) is 84.2 Å². The first-order valence-corrected chi connectivity index (χ1v) is 10.1. The highest BCUT2D eigenvalue weighted by Gasteiger charge is 2.11. The van der Waals surface area contributed by atoms with Gasteiger partial charge in [0, 0.05) is 0 Å². The molecule has 2 heteroatoms. The average Bonchev–Trinajstić information content (AvgIpc) is 2.76. The Morgan fingerprint density at radius 3 is 2.64 bits per heavy atom. The van der Waals surface area contributed by atoms with Crippen LogP contribution in [0.5, 0.6) is 5.75 Å². The van der Waals surface area contributed by atoms with Gasteiger partial charge in [0.15, 0.2) is 0 Å². The van der Waals surface area contributed by atoms with Gasteiger partial charge in [-0.3, -0.25) is 0 Å². The standard InChI is InChI=1S/C26H30O2/c1-27-25-12-6-10-22(19-25)16-17-23(15-14-21-8-4-3-5-9-21)18-24-11-7-13-26(20-24)28-2/h3-5,7-9,11-15,19-20,23H,6,10,16-18H2,1-2H3/b15-14+. The van der Waals surface area contributed by atoms with Crippen LogP contribution in [0, 0.1) is 5.92 Å². The molecular formula is C26H30O2. The van der Waals surface area contributed by atoms with Crippen molar-refractivity contribution in [2.24, 2.45) is 5.92 Å². The largest absolute Gasteiger partial charge is 0.497 e. The second-order valence-corrected chi connectivity index (χ2v) is 7.28. The Morgan fingerprint density at radius 1 is 1.00 bits per heavy atom. The summed E-state index contributed by atoms with van der Waals surface area (Å²) in [6.07, 6.45) is 14.5. The van der Waals surface area contributed by atoms with Crippen LogP contribution < -0.4 is 4.74 Å². The predicted molar refractivity (Wildman–Crippen MR) is 117 cm³/mol. The second-order valence-electron chi connectivity index (χ2n) is 7.28. The highest BCUT2D eigenvalue weighted by Crippen LogP contribution is 2.26. The Bertz CT molecular complexity index is 831. The molecule has 1 aliphatic rings. The van der Waals surface area contributed by atoms with E-state index in [1.807, 2.05) is 6.07 Å². The molecule has 0 heterocycles. The number of hydrogen-bond donors (Lipinski definition) is 0. The molecule has 0 fully saturated rings. The molecule has 0 aliphatic heterocycles. The molecule has 2 nitrogen and oxygen atoms in total. The molecule has 1 atom stereocenters. The van der Waals surface area contributed by atoms with Crippen molar-refractivity contribution in [2.75, 3.05) is 14.2 Å². The van der Waals surface area contributed by atoms with Crippen molar-refractivity contribution in [3.05, 3.63) is 95.3 Å². The fourth-order valence-corrected chi connectivity index (χ4v) is 3.62. The van der Waals surface area contributed by atoms with E-state index in [2.05, 4.69) is 72.8 Å². The molecule has 3 rings (SSSR count). The van der Waals surface area contributed by atoms with E-state index in [1.165, 1.54) is 16.7 Å². The molecule has 0 saturated carbocycles. The number of rotatable bonds is 9. The van der Waals surface area contributed by atoms with Crippen molar-refractivity contribution in [1.82, 2.24) is 0 Å². The van der Waals surface area contributed by atoms with Gasteiger partial charge in [0.2, 0.25) is 0 Å². The molecule has 2 aromatic carbocycles. The van der Waals surface area contributed by atoms with E-state index in [0.29, 0.717) is 5.92 Å². The van der Waals surface area contributed by atoms with Gasteiger partial charge in [0.25, 0.3) is 0 Å². The predicted octanol–water partition coefficient (Wildman–Crippen LogP) is 6.60. The maximum absolute atomic E-state index is 5.41. The maximum atomic E-state index is 5.41. The van der Waals surface area contributed by atoms with Crippen LogP contribution in [0.1, 0.15) is 36.8 Å². The van der Waals surface area contributed by atoms with Crippen LogP contribution in [0.25, 0.3) is 6.08 Å². The molecule has 0 spiro atoms. The molecule has 28 heavy (non-hydrogen) atoms. The Hall–Kier alpha value is -2.74. The quantitative estimate of drug-likeness (QED) is 0.492. The lowest BCUT2D eigenvalue weighted by Gasteiger charge is -2.17. The lowest BCUT2D eigenvalue weighted by Crippen LogP contribution is -2.04. The summed E-state index contributed by atoms with van der Waals surface area (Å²) in [6, 6.07) is 18.9. The SMILES string of the molecule is COC1=CCCC(CCC(/C=C/c2ccccc2)Cc2cccc(OC)c2)=C1.